The third-order valence-corrected chi connectivity index (χ3v) is 5.01. The highest BCUT2D eigenvalue weighted by Gasteiger charge is 2.26. The first-order valence-corrected chi connectivity index (χ1v) is 7.77. The second-order valence-corrected chi connectivity index (χ2v) is 7.43. The molecule has 1 aliphatic carbocycles. The van der Waals surface area contributed by atoms with Gasteiger partial charge < -0.3 is 5.32 Å². The molecule has 3 heteroatoms. The van der Waals surface area contributed by atoms with E-state index in [1.54, 1.807) is 0 Å². The van der Waals surface area contributed by atoms with E-state index in [1.165, 1.54) is 25.7 Å². The third kappa shape index (κ3) is 3.42. The van der Waals surface area contributed by atoms with E-state index in [0.717, 1.165) is 20.7 Å². The maximum atomic E-state index is 6.19. The lowest BCUT2D eigenvalue weighted by molar-refractivity contribution is 0.232. The molecule has 18 heavy (non-hydrogen) atoms. The molecule has 2 rings (SSSR count). The van der Waals surface area contributed by atoms with Gasteiger partial charge in [0.1, 0.15) is 0 Å². The molecule has 0 spiro atoms. The molecule has 0 aliphatic heterocycles. The zero-order chi connectivity index (χ0) is 13.3. The average Bonchev–Trinajstić information content (AvgIpc) is 2.28. The normalized spacial score (nSPS) is 19.8. The minimum absolute atomic E-state index is 0.514. The highest BCUT2D eigenvalue weighted by atomic mass is 79.9. The molecule has 100 valence electrons. The van der Waals surface area contributed by atoms with E-state index in [-0.39, 0.29) is 0 Å². The summed E-state index contributed by atoms with van der Waals surface area (Å²) in [5, 5.41) is 4.45. The van der Waals surface area contributed by atoms with Gasteiger partial charge in [0.05, 0.1) is 5.69 Å². The van der Waals surface area contributed by atoms with Crippen LogP contribution >= 0.6 is 27.5 Å². The van der Waals surface area contributed by atoms with Gasteiger partial charge in [0.15, 0.2) is 0 Å². The Labute approximate surface area is 123 Å². The second kappa shape index (κ2) is 5.42. The molecule has 1 nitrogen and oxygen atoms in total. The lowest BCUT2D eigenvalue weighted by atomic mass is 9.75. The van der Waals surface area contributed by atoms with Crippen molar-refractivity contribution in [2.45, 2.75) is 52.5 Å². The van der Waals surface area contributed by atoms with Crippen LogP contribution in [0.15, 0.2) is 16.6 Å². The number of rotatable bonds is 2. The van der Waals surface area contributed by atoms with E-state index in [0.29, 0.717) is 11.5 Å². The number of benzene rings is 1. The zero-order valence-electron chi connectivity index (χ0n) is 11.3. The van der Waals surface area contributed by atoms with Crippen LogP contribution in [0.25, 0.3) is 0 Å². The predicted octanol–water partition coefficient (Wildman–Crippen LogP) is 5.79. The van der Waals surface area contributed by atoms with E-state index in [4.69, 9.17) is 11.6 Å². The first-order valence-electron chi connectivity index (χ1n) is 6.59. The van der Waals surface area contributed by atoms with Crippen LogP contribution in [0, 0.1) is 12.3 Å². The van der Waals surface area contributed by atoms with Crippen molar-refractivity contribution in [2.24, 2.45) is 5.41 Å². The number of halogens is 2. The van der Waals surface area contributed by atoms with Gasteiger partial charge in [-0.3, -0.25) is 0 Å². The number of hydrogen-bond acceptors (Lipinski definition) is 1. The Bertz CT molecular complexity index is 432. The standard InChI is InChI=1S/C15H21BrClN/c1-10-8-12(16)14(9-13(10)17)18-11-4-6-15(2,3)7-5-11/h8-9,11,18H,4-7H2,1-3H3. The number of nitrogens with one attached hydrogen (secondary N) is 1. The summed E-state index contributed by atoms with van der Waals surface area (Å²) in [5.74, 6) is 0. The molecular weight excluding hydrogens is 310 g/mol. The van der Waals surface area contributed by atoms with Gasteiger partial charge in [0.2, 0.25) is 0 Å². The highest BCUT2D eigenvalue weighted by Crippen LogP contribution is 2.37. The Hall–Kier alpha value is -0.210. The summed E-state index contributed by atoms with van der Waals surface area (Å²) in [6.45, 7) is 6.75. The lowest BCUT2D eigenvalue weighted by Crippen LogP contribution is -2.29. The van der Waals surface area contributed by atoms with Crippen molar-refractivity contribution in [1.29, 1.82) is 0 Å². The van der Waals surface area contributed by atoms with Crippen LogP contribution in [0.2, 0.25) is 5.02 Å². The Morgan fingerprint density at radius 3 is 2.50 bits per heavy atom. The summed E-state index contributed by atoms with van der Waals surface area (Å²) >= 11 is 9.80. The maximum Gasteiger partial charge on any atom is 0.0501 e. The first kappa shape index (κ1) is 14.2. The van der Waals surface area contributed by atoms with Gasteiger partial charge in [0, 0.05) is 15.5 Å². The SMILES string of the molecule is Cc1cc(Br)c(NC2CCC(C)(C)CC2)cc1Cl. The molecule has 0 atom stereocenters. The Morgan fingerprint density at radius 2 is 1.89 bits per heavy atom. The molecule has 0 aromatic heterocycles. The average molecular weight is 331 g/mol. The van der Waals surface area contributed by atoms with Crippen LogP contribution in [0.5, 0.6) is 0 Å². The molecular formula is C15H21BrClN. The quantitative estimate of drug-likeness (QED) is 0.723. The molecule has 1 saturated carbocycles. The summed E-state index contributed by atoms with van der Waals surface area (Å²) in [6.07, 6.45) is 5.07. The van der Waals surface area contributed by atoms with Crippen LogP contribution in [-0.2, 0) is 0 Å². The van der Waals surface area contributed by atoms with Crippen LogP contribution in [0.1, 0.15) is 45.1 Å². The molecule has 0 saturated heterocycles. The lowest BCUT2D eigenvalue weighted by Gasteiger charge is -2.35. The van der Waals surface area contributed by atoms with Crippen LogP contribution in [-0.4, -0.2) is 6.04 Å². The van der Waals surface area contributed by atoms with Gasteiger partial charge in [-0.1, -0.05) is 25.4 Å². The van der Waals surface area contributed by atoms with Gasteiger partial charge in [-0.25, -0.2) is 0 Å². The van der Waals surface area contributed by atoms with Crippen molar-refractivity contribution in [1.82, 2.24) is 0 Å². The van der Waals surface area contributed by atoms with Gasteiger partial charge >= 0.3 is 0 Å². The fourth-order valence-electron chi connectivity index (χ4n) is 2.52. The van der Waals surface area contributed by atoms with Crippen molar-refractivity contribution in [3.63, 3.8) is 0 Å². The van der Waals surface area contributed by atoms with E-state index in [2.05, 4.69) is 41.2 Å². The second-order valence-electron chi connectivity index (χ2n) is 6.16. The van der Waals surface area contributed by atoms with E-state index < -0.39 is 0 Å². The molecule has 1 aromatic rings. The minimum Gasteiger partial charge on any atom is -0.381 e. The summed E-state index contributed by atoms with van der Waals surface area (Å²) in [4.78, 5) is 0. The topological polar surface area (TPSA) is 12.0 Å². The van der Waals surface area contributed by atoms with Crippen molar-refractivity contribution in [2.75, 3.05) is 5.32 Å². The smallest absolute Gasteiger partial charge is 0.0501 e. The minimum atomic E-state index is 0.514. The summed E-state index contributed by atoms with van der Waals surface area (Å²) < 4.78 is 1.11. The van der Waals surface area contributed by atoms with Gasteiger partial charge in [0.25, 0.3) is 0 Å². The zero-order valence-corrected chi connectivity index (χ0v) is 13.7. The molecule has 1 aliphatic rings. The number of anilines is 1. The van der Waals surface area contributed by atoms with Crippen LogP contribution < -0.4 is 5.32 Å². The summed E-state index contributed by atoms with van der Waals surface area (Å²) in [5.41, 5.74) is 2.74. The third-order valence-electron chi connectivity index (χ3n) is 3.95. The summed E-state index contributed by atoms with van der Waals surface area (Å²) in [7, 11) is 0. The number of hydrogen-bond donors (Lipinski definition) is 1. The Kier molecular flexibility index (Phi) is 4.28. The van der Waals surface area contributed by atoms with E-state index in [9.17, 15) is 0 Å². The van der Waals surface area contributed by atoms with Crippen molar-refractivity contribution >= 4 is 33.2 Å². The molecule has 0 unspecified atom stereocenters. The monoisotopic (exact) mass is 329 g/mol. The van der Waals surface area contributed by atoms with Crippen molar-refractivity contribution in [3.05, 3.63) is 27.2 Å². The maximum absolute atomic E-state index is 6.19. The van der Waals surface area contributed by atoms with E-state index >= 15 is 0 Å². The Balaban J connectivity index is 2.04. The molecule has 1 aromatic carbocycles. The fourth-order valence-corrected chi connectivity index (χ4v) is 3.26. The molecule has 0 heterocycles. The van der Waals surface area contributed by atoms with Crippen molar-refractivity contribution in [3.8, 4) is 0 Å². The highest BCUT2D eigenvalue weighted by molar-refractivity contribution is 9.10. The van der Waals surface area contributed by atoms with Gasteiger partial charge in [-0.2, -0.15) is 0 Å². The molecule has 1 fully saturated rings. The molecule has 0 amide bonds. The largest absolute Gasteiger partial charge is 0.381 e. The van der Waals surface area contributed by atoms with Gasteiger partial charge in [-0.05, 0) is 71.6 Å². The molecule has 0 bridgehead atoms. The fraction of sp³-hybridized carbons (Fsp3) is 0.600. The van der Waals surface area contributed by atoms with Gasteiger partial charge in [-0.15, -0.1) is 0 Å². The molecule has 0 radical (unpaired) electrons. The predicted molar refractivity (Wildman–Crippen MR) is 83.5 cm³/mol. The van der Waals surface area contributed by atoms with Crippen LogP contribution in [0.3, 0.4) is 0 Å². The Morgan fingerprint density at radius 1 is 1.28 bits per heavy atom. The van der Waals surface area contributed by atoms with E-state index in [1.807, 2.05) is 13.0 Å². The van der Waals surface area contributed by atoms with Crippen LogP contribution in [0.4, 0.5) is 5.69 Å². The van der Waals surface area contributed by atoms with Crippen molar-refractivity contribution < 1.29 is 0 Å². The first-order chi connectivity index (χ1) is 8.37. The summed E-state index contributed by atoms with van der Waals surface area (Å²) in [6, 6.07) is 4.69. The number of aryl methyl sites for hydroxylation is 1. The molecule has 1 N–H and O–H groups in total.